The second kappa shape index (κ2) is 10.5. The molecule has 0 rings (SSSR count). The van der Waals surface area contributed by atoms with E-state index in [1.165, 1.54) is 18.2 Å². The van der Waals surface area contributed by atoms with Gasteiger partial charge in [-0.05, 0) is 56.4 Å². The molecule has 0 aromatic carbocycles. The average molecular weight is 313 g/mol. The lowest BCUT2D eigenvalue weighted by atomic mass is 9.61. The molecule has 0 spiro atoms. The molecule has 0 saturated carbocycles. The van der Waals surface area contributed by atoms with Crippen LogP contribution in [0.5, 0.6) is 0 Å². The van der Waals surface area contributed by atoms with E-state index in [1.54, 1.807) is 0 Å². The van der Waals surface area contributed by atoms with E-state index in [9.17, 15) is 4.79 Å². The molecule has 0 saturated heterocycles. The van der Waals surface area contributed by atoms with Gasteiger partial charge in [-0.25, -0.2) is 0 Å². The first-order valence-electron chi connectivity index (χ1n) is 8.32. The molecule has 0 aromatic rings. The number of hydrogen-bond donors (Lipinski definition) is 1. The Morgan fingerprint density at radius 1 is 1.29 bits per heavy atom. The number of carbonyl (C=O) groups is 1. The normalized spacial score (nSPS) is 18.4. The summed E-state index contributed by atoms with van der Waals surface area (Å²) in [5.41, 5.74) is 0.264. The van der Waals surface area contributed by atoms with E-state index in [0.717, 1.165) is 19.3 Å². The molecule has 0 aromatic heterocycles. The van der Waals surface area contributed by atoms with Crippen molar-refractivity contribution in [3.05, 3.63) is 11.4 Å². The Balaban J connectivity index is 5.05. The van der Waals surface area contributed by atoms with E-state index in [4.69, 9.17) is 0 Å². The van der Waals surface area contributed by atoms with Crippen LogP contribution in [0.3, 0.4) is 0 Å². The fraction of sp³-hybridized carbons (Fsp3) is 0.833. The predicted molar refractivity (Wildman–Crippen MR) is 97.5 cm³/mol. The maximum Gasteiger partial charge on any atom is 0.120 e. The van der Waals surface area contributed by atoms with Crippen molar-refractivity contribution in [3.8, 4) is 0 Å². The van der Waals surface area contributed by atoms with Gasteiger partial charge >= 0.3 is 0 Å². The summed E-state index contributed by atoms with van der Waals surface area (Å²) >= 11 is 0. The van der Waals surface area contributed by atoms with Crippen LogP contribution in [0, 0.1) is 23.2 Å². The van der Waals surface area contributed by atoms with Gasteiger partial charge < -0.3 is 10.1 Å². The molecule has 0 aliphatic rings. The van der Waals surface area contributed by atoms with Gasteiger partial charge in [0.1, 0.15) is 6.29 Å². The first-order chi connectivity index (χ1) is 9.81. The van der Waals surface area contributed by atoms with Crippen molar-refractivity contribution in [3.63, 3.8) is 0 Å². The highest BCUT2D eigenvalue weighted by Crippen LogP contribution is 2.44. The van der Waals surface area contributed by atoms with Gasteiger partial charge in [-0.3, -0.25) is 0 Å². The van der Waals surface area contributed by atoms with Crippen LogP contribution in [0.2, 0.25) is 0 Å². The summed E-state index contributed by atoms with van der Waals surface area (Å²) in [6.07, 6.45) is 7.61. The van der Waals surface area contributed by atoms with Crippen LogP contribution >= 0.6 is 9.24 Å². The first kappa shape index (κ1) is 20.8. The van der Waals surface area contributed by atoms with Crippen molar-refractivity contribution >= 4 is 15.5 Å². The minimum Gasteiger partial charge on any atom is -0.319 e. The first-order valence-corrected chi connectivity index (χ1v) is 8.90. The summed E-state index contributed by atoms with van der Waals surface area (Å²) in [5.74, 6) is 1.59. The zero-order chi connectivity index (χ0) is 16.5. The third kappa shape index (κ3) is 6.61. The van der Waals surface area contributed by atoms with Crippen molar-refractivity contribution < 1.29 is 4.79 Å². The highest BCUT2D eigenvalue weighted by Gasteiger charge is 2.40. The van der Waals surface area contributed by atoms with Crippen LogP contribution in [-0.2, 0) is 4.79 Å². The number of nitrogens with one attached hydrogen (secondary N) is 1. The van der Waals surface area contributed by atoms with Gasteiger partial charge in [0, 0.05) is 13.0 Å². The van der Waals surface area contributed by atoms with Crippen LogP contribution in [0.15, 0.2) is 11.4 Å². The number of rotatable bonds is 11. The van der Waals surface area contributed by atoms with E-state index in [-0.39, 0.29) is 5.41 Å². The average Bonchev–Trinajstić information content (AvgIpc) is 2.41. The number of aldehydes is 1. The molecule has 0 bridgehead atoms. The summed E-state index contributed by atoms with van der Waals surface area (Å²) in [6.45, 7) is 12.4. The highest BCUT2D eigenvalue weighted by atomic mass is 31.0. The van der Waals surface area contributed by atoms with Crippen molar-refractivity contribution in [2.45, 2.75) is 60.3 Å². The van der Waals surface area contributed by atoms with Crippen LogP contribution in [0.25, 0.3) is 0 Å². The molecule has 124 valence electrons. The molecule has 0 amide bonds. The van der Waals surface area contributed by atoms with Gasteiger partial charge in [0.15, 0.2) is 0 Å². The second-order valence-corrected chi connectivity index (χ2v) is 7.84. The molecule has 4 unspecified atom stereocenters. The van der Waals surface area contributed by atoms with E-state index >= 15 is 0 Å². The third-order valence-corrected chi connectivity index (χ3v) is 5.43. The predicted octanol–water partition coefficient (Wildman–Crippen LogP) is 4.66. The number of hydrogen-bond acceptors (Lipinski definition) is 2. The maximum absolute atomic E-state index is 10.9. The molecular weight excluding hydrogens is 277 g/mol. The molecule has 0 heterocycles. The Morgan fingerprint density at radius 2 is 1.90 bits per heavy atom. The third-order valence-electron chi connectivity index (χ3n) is 5.20. The van der Waals surface area contributed by atoms with Gasteiger partial charge in [0.05, 0.1) is 0 Å². The smallest absolute Gasteiger partial charge is 0.120 e. The molecule has 1 N–H and O–H groups in total. The second-order valence-electron chi connectivity index (χ2n) is 6.93. The molecule has 3 heteroatoms. The summed E-state index contributed by atoms with van der Waals surface area (Å²) in [4.78, 5) is 10.9. The fourth-order valence-corrected chi connectivity index (χ4v) is 3.67. The summed E-state index contributed by atoms with van der Waals surface area (Å²) < 4.78 is 0. The lowest BCUT2D eigenvalue weighted by Gasteiger charge is -2.45. The van der Waals surface area contributed by atoms with Crippen molar-refractivity contribution in [1.29, 1.82) is 0 Å². The van der Waals surface area contributed by atoms with Gasteiger partial charge in [-0.2, -0.15) is 0 Å². The fourth-order valence-electron chi connectivity index (χ4n) is 3.51. The SMILES string of the molecule is CNCC(CCC/C=C(\C)P)(C(C)C)C(C)C(C)CC=O. The molecular formula is C18H36NOP. The van der Waals surface area contributed by atoms with Crippen LogP contribution in [-0.4, -0.2) is 19.9 Å². The Hall–Kier alpha value is -0.200. The van der Waals surface area contributed by atoms with Crippen LogP contribution < -0.4 is 5.32 Å². The van der Waals surface area contributed by atoms with Crippen LogP contribution in [0.4, 0.5) is 0 Å². The monoisotopic (exact) mass is 313 g/mol. The quantitative estimate of drug-likeness (QED) is 0.341. The van der Waals surface area contributed by atoms with Crippen molar-refractivity contribution in [2.75, 3.05) is 13.6 Å². The van der Waals surface area contributed by atoms with Crippen molar-refractivity contribution in [2.24, 2.45) is 23.2 Å². The van der Waals surface area contributed by atoms with E-state index < -0.39 is 0 Å². The summed E-state index contributed by atoms with van der Waals surface area (Å²) in [6, 6.07) is 0. The lowest BCUT2D eigenvalue weighted by Crippen LogP contribution is -2.45. The lowest BCUT2D eigenvalue weighted by molar-refractivity contribution is -0.109. The molecule has 0 aliphatic heterocycles. The molecule has 4 atom stereocenters. The minimum absolute atomic E-state index is 0.264. The van der Waals surface area contributed by atoms with Gasteiger partial charge in [-0.15, -0.1) is 9.24 Å². The van der Waals surface area contributed by atoms with Gasteiger partial charge in [-0.1, -0.05) is 39.1 Å². The number of unbranched alkanes of at least 4 members (excludes halogenated alkanes) is 1. The van der Waals surface area contributed by atoms with E-state index in [2.05, 4.69) is 55.3 Å². The summed E-state index contributed by atoms with van der Waals surface area (Å²) in [5, 5.41) is 4.73. The summed E-state index contributed by atoms with van der Waals surface area (Å²) in [7, 11) is 4.80. The highest BCUT2D eigenvalue weighted by molar-refractivity contribution is 7.22. The molecule has 21 heavy (non-hydrogen) atoms. The number of allylic oxidation sites excluding steroid dienone is 2. The molecule has 0 fully saturated rings. The topological polar surface area (TPSA) is 29.1 Å². The Bertz CT molecular complexity index is 323. The largest absolute Gasteiger partial charge is 0.319 e. The van der Waals surface area contributed by atoms with Gasteiger partial charge in [0.25, 0.3) is 0 Å². The van der Waals surface area contributed by atoms with E-state index in [0.29, 0.717) is 24.2 Å². The van der Waals surface area contributed by atoms with Gasteiger partial charge in [0.2, 0.25) is 0 Å². The molecule has 2 nitrogen and oxygen atoms in total. The Kier molecular flexibility index (Phi) is 10.4. The maximum atomic E-state index is 10.9. The number of carbonyl (C=O) groups excluding carboxylic acids is 1. The van der Waals surface area contributed by atoms with Crippen molar-refractivity contribution in [1.82, 2.24) is 5.32 Å². The Labute approximate surface area is 134 Å². The molecule has 0 aliphatic carbocycles. The minimum atomic E-state index is 0.264. The van der Waals surface area contributed by atoms with E-state index in [1.807, 2.05) is 7.05 Å². The van der Waals surface area contributed by atoms with Crippen LogP contribution in [0.1, 0.15) is 60.3 Å². The standard InChI is InChI=1S/C18H36NOP/c1-14(2)18(13-19-6,11-8-7-9-16(4)21)17(5)15(3)10-12-20/h9,12,14-15,17,19H,7-8,10-11,13,21H2,1-6H3/b16-9+. The molecule has 0 radical (unpaired) electrons. The zero-order valence-corrected chi connectivity index (χ0v) is 16.1. The Morgan fingerprint density at radius 3 is 2.33 bits per heavy atom. The zero-order valence-electron chi connectivity index (χ0n) is 14.9.